The highest BCUT2D eigenvalue weighted by atomic mass is 79.9. The van der Waals surface area contributed by atoms with Gasteiger partial charge in [-0.25, -0.2) is 4.98 Å². The van der Waals surface area contributed by atoms with Crippen LogP contribution in [0, 0.1) is 6.92 Å². The molecule has 0 aliphatic heterocycles. The van der Waals surface area contributed by atoms with E-state index in [1.165, 1.54) is 6.92 Å². The van der Waals surface area contributed by atoms with Crippen molar-refractivity contribution in [3.8, 4) is 0 Å². The van der Waals surface area contributed by atoms with Crippen LogP contribution in [-0.2, 0) is 6.18 Å². The van der Waals surface area contributed by atoms with Gasteiger partial charge in [0.2, 0.25) is 5.82 Å². The fourth-order valence-electron chi connectivity index (χ4n) is 1.13. The number of nitrogens with one attached hydrogen (secondary N) is 1. The van der Waals surface area contributed by atoms with Crippen molar-refractivity contribution < 1.29 is 13.2 Å². The third-order valence-electron chi connectivity index (χ3n) is 1.87. The average molecular weight is 297 g/mol. The van der Waals surface area contributed by atoms with Gasteiger partial charge in [0.15, 0.2) is 0 Å². The maximum absolute atomic E-state index is 12.3. The zero-order valence-electron chi connectivity index (χ0n) is 7.76. The monoisotopic (exact) mass is 296 g/mol. The van der Waals surface area contributed by atoms with Gasteiger partial charge >= 0.3 is 6.18 Å². The zero-order valence-corrected chi connectivity index (χ0v) is 9.35. The molecule has 0 amide bonds. The summed E-state index contributed by atoms with van der Waals surface area (Å²) in [5.74, 6) is -1.56. The Labute approximate surface area is 94.4 Å². The van der Waals surface area contributed by atoms with Gasteiger partial charge in [0.25, 0.3) is 11.3 Å². The lowest BCUT2D eigenvalue weighted by atomic mass is 10.4. The van der Waals surface area contributed by atoms with E-state index in [0.717, 1.165) is 0 Å². The van der Waals surface area contributed by atoms with E-state index in [1.54, 1.807) is 0 Å². The van der Waals surface area contributed by atoms with E-state index in [0.29, 0.717) is 4.52 Å². The third-order valence-corrected chi connectivity index (χ3v) is 2.79. The number of aromatic nitrogens is 4. The summed E-state index contributed by atoms with van der Waals surface area (Å²) in [5.41, 5.74) is -0.379. The van der Waals surface area contributed by atoms with Crippen molar-refractivity contribution in [1.82, 2.24) is 19.6 Å². The maximum atomic E-state index is 12.3. The Balaban J connectivity index is 2.82. The summed E-state index contributed by atoms with van der Waals surface area (Å²) in [6.45, 7) is 1.49. The van der Waals surface area contributed by atoms with Gasteiger partial charge in [-0.2, -0.15) is 22.7 Å². The molecule has 9 heteroatoms. The highest BCUT2D eigenvalue weighted by molar-refractivity contribution is 9.10. The van der Waals surface area contributed by atoms with E-state index < -0.39 is 17.6 Å². The Morgan fingerprint density at radius 1 is 1.38 bits per heavy atom. The van der Waals surface area contributed by atoms with Crippen molar-refractivity contribution in [3.63, 3.8) is 0 Å². The smallest absolute Gasteiger partial charge is 0.267 e. The first-order valence-corrected chi connectivity index (χ1v) is 4.82. The van der Waals surface area contributed by atoms with E-state index >= 15 is 0 Å². The molecule has 0 unspecified atom stereocenters. The number of aromatic amines is 1. The van der Waals surface area contributed by atoms with Crippen molar-refractivity contribution >= 4 is 21.7 Å². The van der Waals surface area contributed by atoms with Gasteiger partial charge in [0.05, 0.1) is 5.69 Å². The number of H-pyrrole nitrogens is 1. The van der Waals surface area contributed by atoms with E-state index in [2.05, 4.69) is 25.9 Å². The van der Waals surface area contributed by atoms with Crippen LogP contribution in [0.1, 0.15) is 11.5 Å². The predicted octanol–water partition coefficient (Wildman–Crippen LogP) is 1.51. The topological polar surface area (TPSA) is 63.1 Å². The summed E-state index contributed by atoms with van der Waals surface area (Å²) >= 11 is 2.94. The molecule has 0 atom stereocenters. The van der Waals surface area contributed by atoms with Crippen molar-refractivity contribution in [1.29, 1.82) is 0 Å². The fourth-order valence-corrected chi connectivity index (χ4v) is 1.39. The van der Waals surface area contributed by atoms with Crippen LogP contribution < -0.4 is 5.56 Å². The number of halogens is 4. The third kappa shape index (κ3) is 1.60. The molecule has 2 heterocycles. The van der Waals surface area contributed by atoms with Crippen molar-refractivity contribution in [2.24, 2.45) is 0 Å². The molecule has 0 spiro atoms. The normalized spacial score (nSPS) is 12.3. The number of alkyl halides is 3. The highest BCUT2D eigenvalue weighted by Crippen LogP contribution is 2.26. The molecule has 0 fully saturated rings. The minimum Gasteiger partial charge on any atom is -0.267 e. The molecule has 86 valence electrons. The molecule has 1 N–H and O–H groups in total. The van der Waals surface area contributed by atoms with Gasteiger partial charge in [-0.15, -0.1) is 0 Å². The second-order valence-electron chi connectivity index (χ2n) is 3.02. The van der Waals surface area contributed by atoms with E-state index in [1.807, 2.05) is 5.10 Å². The first kappa shape index (κ1) is 11.1. The SMILES string of the molecule is Cc1nc2nc(C(F)(F)F)[nH]n2c(=O)c1Br. The second-order valence-corrected chi connectivity index (χ2v) is 3.81. The number of rotatable bonds is 0. The summed E-state index contributed by atoms with van der Waals surface area (Å²) in [6.07, 6.45) is -4.64. The minimum atomic E-state index is -4.64. The van der Waals surface area contributed by atoms with Crippen LogP contribution >= 0.6 is 15.9 Å². The van der Waals surface area contributed by atoms with Gasteiger partial charge in [-0.05, 0) is 22.9 Å². The van der Waals surface area contributed by atoms with Crippen LogP contribution in [0.25, 0.3) is 5.78 Å². The molecular weight excluding hydrogens is 293 g/mol. The van der Waals surface area contributed by atoms with Gasteiger partial charge in [-0.1, -0.05) is 0 Å². The quantitative estimate of drug-likeness (QED) is 0.801. The summed E-state index contributed by atoms with van der Waals surface area (Å²) in [4.78, 5) is 18.5. The second kappa shape index (κ2) is 3.30. The summed E-state index contributed by atoms with van der Waals surface area (Å²) in [6, 6.07) is 0. The minimum absolute atomic E-state index is 0.0994. The predicted molar refractivity (Wildman–Crippen MR) is 51.0 cm³/mol. The number of fused-ring (bicyclic) bond motifs is 1. The largest absolute Gasteiger partial charge is 0.451 e. The van der Waals surface area contributed by atoms with Crippen LogP contribution in [-0.4, -0.2) is 19.6 Å². The van der Waals surface area contributed by atoms with Crippen LogP contribution in [0.4, 0.5) is 13.2 Å². The molecule has 2 rings (SSSR count). The van der Waals surface area contributed by atoms with Crippen LogP contribution in [0.2, 0.25) is 0 Å². The first-order valence-electron chi connectivity index (χ1n) is 4.03. The van der Waals surface area contributed by atoms with Crippen molar-refractivity contribution in [2.45, 2.75) is 13.1 Å². The van der Waals surface area contributed by atoms with E-state index in [4.69, 9.17) is 0 Å². The fraction of sp³-hybridized carbons (Fsp3) is 0.286. The highest BCUT2D eigenvalue weighted by Gasteiger charge is 2.35. The Morgan fingerprint density at radius 3 is 2.56 bits per heavy atom. The van der Waals surface area contributed by atoms with Crippen LogP contribution in [0.3, 0.4) is 0 Å². The Bertz CT molecular complexity index is 614. The molecule has 0 bridgehead atoms. The molecule has 0 aromatic carbocycles. The molecule has 0 aliphatic rings. The van der Waals surface area contributed by atoms with E-state index in [9.17, 15) is 18.0 Å². The van der Waals surface area contributed by atoms with E-state index in [-0.39, 0.29) is 15.9 Å². The lowest BCUT2D eigenvalue weighted by molar-refractivity contribution is -0.144. The van der Waals surface area contributed by atoms with Gasteiger partial charge < -0.3 is 0 Å². The van der Waals surface area contributed by atoms with Gasteiger partial charge in [0, 0.05) is 0 Å². The molecule has 16 heavy (non-hydrogen) atoms. The molecule has 2 aromatic rings. The lowest BCUT2D eigenvalue weighted by Gasteiger charge is -1.98. The van der Waals surface area contributed by atoms with Crippen molar-refractivity contribution in [3.05, 3.63) is 26.3 Å². The summed E-state index contributed by atoms with van der Waals surface area (Å²) in [7, 11) is 0. The number of hydrogen-bond acceptors (Lipinski definition) is 3. The maximum Gasteiger partial charge on any atom is 0.451 e. The molecule has 0 saturated heterocycles. The number of aryl methyl sites for hydroxylation is 1. The lowest BCUT2D eigenvalue weighted by Crippen LogP contribution is -2.18. The van der Waals surface area contributed by atoms with Crippen LogP contribution in [0.15, 0.2) is 9.27 Å². The standard InChI is InChI=1S/C7H4BrF3N4O/c1-2-3(8)4(16)15-6(12-2)13-5(14-15)7(9,10)11/h1H3,(H,12,13,14). The molecule has 0 aliphatic carbocycles. The van der Waals surface area contributed by atoms with Gasteiger partial charge in [0.1, 0.15) is 4.47 Å². The molecule has 2 aromatic heterocycles. The molecule has 0 saturated carbocycles. The average Bonchev–Trinajstić information content (AvgIpc) is 2.57. The van der Waals surface area contributed by atoms with Crippen LogP contribution in [0.5, 0.6) is 0 Å². The molecule has 0 radical (unpaired) electrons. The number of hydrogen-bond donors (Lipinski definition) is 1. The summed E-state index contributed by atoms with van der Waals surface area (Å²) < 4.78 is 37.7. The Morgan fingerprint density at radius 2 is 2.00 bits per heavy atom. The zero-order chi connectivity index (χ0) is 12.1. The molecule has 5 nitrogen and oxygen atoms in total. The Kier molecular flexibility index (Phi) is 2.30. The first-order chi connectivity index (χ1) is 7.30. The van der Waals surface area contributed by atoms with Crippen molar-refractivity contribution in [2.75, 3.05) is 0 Å². The Hall–Kier alpha value is -1.38. The van der Waals surface area contributed by atoms with Gasteiger partial charge in [-0.3, -0.25) is 9.89 Å². The molecular formula is C7H4BrF3N4O. The summed E-state index contributed by atoms with van der Waals surface area (Å²) in [5, 5.41) is 1.85. The number of nitrogens with zero attached hydrogens (tertiary/aromatic N) is 3.